The van der Waals surface area contributed by atoms with Crippen LogP contribution in [0.4, 0.5) is 0 Å². The third-order valence-electron chi connectivity index (χ3n) is 6.19. The van der Waals surface area contributed by atoms with Crippen molar-refractivity contribution in [3.05, 3.63) is 94.8 Å². The highest BCUT2D eigenvalue weighted by Crippen LogP contribution is 2.17. The second kappa shape index (κ2) is 14.2. The predicted octanol–water partition coefficient (Wildman–Crippen LogP) is 3.05. The number of nitrogens with zero attached hydrogens (tertiary/aromatic N) is 1. The molecule has 3 rings (SSSR count). The summed E-state index contributed by atoms with van der Waals surface area (Å²) in [5.74, 6) is -2.55. The van der Waals surface area contributed by atoms with Crippen LogP contribution in [0.5, 0.6) is 0 Å². The molecule has 0 spiro atoms. The molecule has 9 nitrogen and oxygen atoms in total. The molecule has 3 aromatic rings. The average Bonchev–Trinajstić information content (AvgIpc) is 2.93. The van der Waals surface area contributed by atoms with Crippen molar-refractivity contribution in [1.82, 2.24) is 15.0 Å². The molecule has 0 bridgehead atoms. The third-order valence-corrected chi connectivity index (χ3v) is 7.54. The zero-order chi connectivity index (χ0) is 28.3. The van der Waals surface area contributed by atoms with Crippen LogP contribution in [0.15, 0.2) is 71.8 Å². The third kappa shape index (κ3) is 8.75. The monoisotopic (exact) mass is 550 g/mol. The average molecular weight is 551 g/mol. The number of carboxylic acids is 1. The summed E-state index contributed by atoms with van der Waals surface area (Å²) < 4.78 is 27.8. The topological polar surface area (TPSA) is 145 Å². The molecule has 1 heterocycles. The minimum absolute atomic E-state index is 0.00449. The Morgan fingerprint density at radius 3 is 2.23 bits per heavy atom. The van der Waals surface area contributed by atoms with E-state index in [1.807, 2.05) is 6.07 Å². The van der Waals surface area contributed by atoms with E-state index < -0.39 is 21.9 Å². The summed E-state index contributed by atoms with van der Waals surface area (Å²) in [7, 11) is -4.20. The van der Waals surface area contributed by atoms with Crippen LogP contribution >= 0.6 is 0 Å². The SMILES string of the molecule is CCCCCCCc1cc(C(=O)[O-])ncc1C(=O)NS(=O)(=O)c1ccc(CCNC(=O)c2ccccc2)cc1. The first-order valence-corrected chi connectivity index (χ1v) is 14.4. The number of rotatable bonds is 14. The minimum atomic E-state index is -4.20. The molecule has 0 fully saturated rings. The first-order valence-electron chi connectivity index (χ1n) is 12.9. The van der Waals surface area contributed by atoms with Crippen LogP contribution in [0.2, 0.25) is 0 Å². The first kappa shape index (κ1) is 29.5. The van der Waals surface area contributed by atoms with E-state index in [-0.39, 0.29) is 22.1 Å². The Kier molecular flexibility index (Phi) is 10.7. The summed E-state index contributed by atoms with van der Waals surface area (Å²) in [6.07, 6.45) is 6.75. The number of nitrogens with one attached hydrogen (secondary N) is 2. The number of aromatic nitrogens is 1. The van der Waals surface area contributed by atoms with Crippen LogP contribution in [0.3, 0.4) is 0 Å². The molecule has 0 unspecified atom stereocenters. The van der Waals surface area contributed by atoms with Gasteiger partial charge in [0, 0.05) is 18.3 Å². The molecular weight excluding hydrogens is 518 g/mol. The predicted molar refractivity (Wildman–Crippen MR) is 145 cm³/mol. The lowest BCUT2D eigenvalue weighted by molar-refractivity contribution is -0.255. The van der Waals surface area contributed by atoms with Crippen LogP contribution in [-0.4, -0.2) is 37.7 Å². The fourth-order valence-corrected chi connectivity index (χ4v) is 4.99. The zero-order valence-electron chi connectivity index (χ0n) is 21.8. The van der Waals surface area contributed by atoms with Crippen LogP contribution in [0.25, 0.3) is 0 Å². The molecule has 2 amide bonds. The number of unbranched alkanes of at least 4 members (excludes halogenated alkanes) is 4. The summed E-state index contributed by atoms with van der Waals surface area (Å²) in [5, 5.41) is 14.1. The fraction of sp³-hybridized carbons (Fsp3) is 0.310. The molecule has 206 valence electrons. The van der Waals surface area contributed by atoms with Crippen molar-refractivity contribution in [2.24, 2.45) is 0 Å². The second-order valence-corrected chi connectivity index (χ2v) is 10.8. The smallest absolute Gasteiger partial charge is 0.266 e. The second-order valence-electron chi connectivity index (χ2n) is 9.13. The normalized spacial score (nSPS) is 11.1. The van der Waals surface area contributed by atoms with Crippen LogP contribution in [0.1, 0.15) is 81.4 Å². The quantitative estimate of drug-likeness (QED) is 0.293. The Balaban J connectivity index is 1.63. The Morgan fingerprint density at radius 2 is 1.56 bits per heavy atom. The van der Waals surface area contributed by atoms with Crippen LogP contribution in [0, 0.1) is 0 Å². The number of benzene rings is 2. The molecule has 10 heteroatoms. The number of aromatic carboxylic acids is 1. The maximum Gasteiger partial charge on any atom is 0.266 e. The highest BCUT2D eigenvalue weighted by Gasteiger charge is 2.21. The number of pyridine rings is 1. The standard InChI is InChI=1S/C29H33N3O6S/c1-2-3-4-5-7-12-23-19-26(29(35)36)31-20-25(23)28(34)32-39(37,38)24-15-13-21(14-16-24)17-18-30-27(33)22-10-8-6-9-11-22/h6,8-11,13-16,19-20H,2-5,7,12,17-18H2,1H3,(H,30,33)(H,32,34)(H,35,36)/p-1. The largest absolute Gasteiger partial charge is 0.543 e. The molecule has 0 atom stereocenters. The summed E-state index contributed by atoms with van der Waals surface area (Å²) in [4.78, 5) is 40.0. The van der Waals surface area contributed by atoms with Gasteiger partial charge >= 0.3 is 0 Å². The molecule has 39 heavy (non-hydrogen) atoms. The van der Waals surface area contributed by atoms with Gasteiger partial charge in [-0.2, -0.15) is 0 Å². The van der Waals surface area contributed by atoms with E-state index in [4.69, 9.17) is 0 Å². The number of aryl methyl sites for hydroxylation is 1. The van der Waals surface area contributed by atoms with E-state index in [1.54, 1.807) is 36.4 Å². The van der Waals surface area contributed by atoms with Gasteiger partial charge in [0.05, 0.1) is 22.1 Å². The van der Waals surface area contributed by atoms with E-state index in [0.717, 1.165) is 43.9 Å². The molecule has 0 aliphatic carbocycles. The summed E-state index contributed by atoms with van der Waals surface area (Å²) in [5.41, 5.74) is 1.46. The van der Waals surface area contributed by atoms with Crippen molar-refractivity contribution in [3.63, 3.8) is 0 Å². The van der Waals surface area contributed by atoms with Gasteiger partial charge in [-0.15, -0.1) is 0 Å². The van der Waals surface area contributed by atoms with Crippen molar-refractivity contribution in [1.29, 1.82) is 0 Å². The number of carbonyl (C=O) groups excluding carboxylic acids is 3. The summed E-state index contributed by atoms with van der Waals surface area (Å²) >= 11 is 0. The number of carbonyl (C=O) groups is 3. The molecule has 0 radical (unpaired) electrons. The summed E-state index contributed by atoms with van der Waals surface area (Å²) in [6, 6.07) is 16.1. The number of hydrogen-bond acceptors (Lipinski definition) is 7. The van der Waals surface area contributed by atoms with Crippen LogP contribution < -0.4 is 15.1 Å². The number of sulfonamides is 1. The zero-order valence-corrected chi connectivity index (χ0v) is 22.6. The maximum absolute atomic E-state index is 12.9. The van der Waals surface area contributed by atoms with Crippen LogP contribution in [-0.2, 0) is 22.9 Å². The van der Waals surface area contributed by atoms with Gasteiger partial charge in [0.25, 0.3) is 21.8 Å². The highest BCUT2D eigenvalue weighted by atomic mass is 32.2. The lowest BCUT2D eigenvalue weighted by Gasteiger charge is -2.13. The molecule has 0 aliphatic rings. The Hall–Kier alpha value is -4.05. The molecule has 2 N–H and O–H groups in total. The van der Waals surface area contributed by atoms with Gasteiger partial charge in [-0.05, 0) is 60.7 Å². The molecule has 1 aromatic heterocycles. The Labute approximate surface area is 228 Å². The van der Waals surface area contributed by atoms with E-state index in [2.05, 4.69) is 21.9 Å². The lowest BCUT2D eigenvalue weighted by atomic mass is 10.0. The van der Waals surface area contributed by atoms with Crippen molar-refractivity contribution >= 4 is 27.8 Å². The van der Waals surface area contributed by atoms with Gasteiger partial charge < -0.3 is 15.2 Å². The Morgan fingerprint density at radius 1 is 0.872 bits per heavy atom. The van der Waals surface area contributed by atoms with E-state index in [0.29, 0.717) is 30.5 Å². The fourth-order valence-electron chi connectivity index (χ4n) is 4.02. The van der Waals surface area contributed by atoms with E-state index >= 15 is 0 Å². The van der Waals surface area contributed by atoms with Gasteiger partial charge in [0.15, 0.2) is 0 Å². The molecule has 0 aliphatic heterocycles. The first-order chi connectivity index (χ1) is 18.7. The van der Waals surface area contributed by atoms with Gasteiger partial charge in [-0.3, -0.25) is 14.6 Å². The Bertz CT molecular complexity index is 1390. The van der Waals surface area contributed by atoms with E-state index in [1.165, 1.54) is 18.2 Å². The van der Waals surface area contributed by atoms with Crippen molar-refractivity contribution < 1.29 is 27.9 Å². The number of amides is 2. The molecule has 0 saturated carbocycles. The maximum atomic E-state index is 12.9. The minimum Gasteiger partial charge on any atom is -0.543 e. The molecular formula is C29H32N3O6S-. The van der Waals surface area contributed by atoms with Gasteiger partial charge in [0.1, 0.15) is 0 Å². The highest BCUT2D eigenvalue weighted by molar-refractivity contribution is 7.90. The van der Waals surface area contributed by atoms with Crippen molar-refractivity contribution in [2.45, 2.75) is 56.8 Å². The summed E-state index contributed by atoms with van der Waals surface area (Å²) in [6.45, 7) is 2.46. The number of hydrogen-bond donors (Lipinski definition) is 2. The molecule has 0 saturated heterocycles. The van der Waals surface area contributed by atoms with Gasteiger partial charge in [-0.1, -0.05) is 62.9 Å². The van der Waals surface area contributed by atoms with Gasteiger partial charge in [0.2, 0.25) is 0 Å². The lowest BCUT2D eigenvalue weighted by Crippen LogP contribution is -2.32. The van der Waals surface area contributed by atoms with Crippen molar-refractivity contribution in [2.75, 3.05) is 6.54 Å². The van der Waals surface area contributed by atoms with Crippen molar-refractivity contribution in [3.8, 4) is 0 Å². The number of carboxylic acid groups (broad SMARTS) is 1. The van der Waals surface area contributed by atoms with Gasteiger partial charge in [-0.25, -0.2) is 13.1 Å². The molecule has 2 aromatic carbocycles. The van der Waals surface area contributed by atoms with E-state index in [9.17, 15) is 27.9 Å².